The molecule has 1 aromatic heterocycles. The molecule has 2 aliphatic rings. The van der Waals surface area contributed by atoms with E-state index in [0.717, 1.165) is 22.0 Å². The van der Waals surface area contributed by atoms with Crippen molar-refractivity contribution < 1.29 is 14.3 Å². The average Bonchev–Trinajstić information content (AvgIpc) is 3.20. The second-order valence-corrected chi connectivity index (χ2v) is 8.75. The summed E-state index contributed by atoms with van der Waals surface area (Å²) in [5.74, 6) is -0.555. The molecule has 1 atom stereocenters. The van der Waals surface area contributed by atoms with Crippen LogP contribution in [-0.2, 0) is 20.9 Å². The number of allylic oxidation sites excluding steroid dienone is 1. The number of ether oxygens (including phenoxy) is 1. The van der Waals surface area contributed by atoms with Crippen LogP contribution < -0.4 is 5.32 Å². The number of halogens is 1. The maximum atomic E-state index is 12.9. The third kappa shape index (κ3) is 5.12. The van der Waals surface area contributed by atoms with Gasteiger partial charge in [0.25, 0.3) is 0 Å². The van der Waals surface area contributed by atoms with Gasteiger partial charge in [-0.05, 0) is 48.6 Å². The van der Waals surface area contributed by atoms with Crippen molar-refractivity contribution in [3.63, 3.8) is 0 Å². The van der Waals surface area contributed by atoms with Crippen molar-refractivity contribution >= 4 is 40.4 Å². The molecule has 1 N–H and O–H groups in total. The number of esters is 1. The molecule has 0 spiro atoms. The minimum Gasteiger partial charge on any atom is -0.463 e. The Kier molecular flexibility index (Phi) is 7.15. The van der Waals surface area contributed by atoms with Crippen LogP contribution in [0.4, 0.5) is 0 Å². The van der Waals surface area contributed by atoms with E-state index in [4.69, 9.17) is 16.3 Å². The molecule has 0 radical (unpaired) electrons. The number of amidine groups is 1. The summed E-state index contributed by atoms with van der Waals surface area (Å²) in [5, 5.41) is 6.16. The third-order valence-electron chi connectivity index (χ3n) is 5.24. The predicted molar refractivity (Wildman–Crippen MR) is 129 cm³/mol. The Morgan fingerprint density at radius 1 is 1.24 bits per heavy atom. The Hall–Kier alpha value is -3.10. The third-order valence-corrected chi connectivity index (χ3v) is 6.38. The van der Waals surface area contributed by atoms with Crippen molar-refractivity contribution in [1.29, 1.82) is 0 Å². The molecule has 0 fully saturated rings. The number of pyridine rings is 1. The van der Waals surface area contributed by atoms with E-state index in [0.29, 0.717) is 22.8 Å². The molecule has 1 amide bonds. The molecule has 0 bridgehead atoms. The van der Waals surface area contributed by atoms with Gasteiger partial charge in [-0.1, -0.05) is 41.6 Å². The topological polar surface area (TPSA) is 83.9 Å². The summed E-state index contributed by atoms with van der Waals surface area (Å²) in [4.78, 5) is 36.3. The molecule has 3 heterocycles. The summed E-state index contributed by atoms with van der Waals surface area (Å²) in [6, 6.07) is 10.6. The lowest BCUT2D eigenvalue weighted by Crippen LogP contribution is -2.38. The van der Waals surface area contributed by atoms with Crippen LogP contribution in [0.2, 0.25) is 5.02 Å². The lowest BCUT2D eigenvalue weighted by Gasteiger charge is -2.36. The van der Waals surface area contributed by atoms with Gasteiger partial charge in [0.05, 0.1) is 30.3 Å². The Morgan fingerprint density at radius 3 is 2.73 bits per heavy atom. The number of nitrogens with zero attached hydrogens (tertiary/aromatic N) is 3. The van der Waals surface area contributed by atoms with Crippen LogP contribution in [0.1, 0.15) is 37.4 Å². The van der Waals surface area contributed by atoms with Crippen LogP contribution >= 0.6 is 23.4 Å². The van der Waals surface area contributed by atoms with Crippen molar-refractivity contribution in [1.82, 2.24) is 15.2 Å². The number of thioether (sulfide) groups is 1. The molecule has 0 aliphatic carbocycles. The predicted octanol–water partition coefficient (Wildman–Crippen LogP) is 4.58. The number of fused-ring (bicyclic) bond motifs is 1. The molecule has 170 valence electrons. The molecule has 7 nitrogen and oxygen atoms in total. The fourth-order valence-electron chi connectivity index (χ4n) is 3.73. The largest absolute Gasteiger partial charge is 0.463 e. The van der Waals surface area contributed by atoms with Gasteiger partial charge in [0.2, 0.25) is 5.91 Å². The molecular weight excluding hydrogens is 460 g/mol. The highest BCUT2D eigenvalue weighted by Gasteiger charge is 2.41. The molecule has 2 aliphatic heterocycles. The first kappa shape index (κ1) is 23.1. The summed E-state index contributed by atoms with van der Waals surface area (Å²) in [6.45, 7) is 4.22. The number of rotatable bonds is 7. The smallest absolute Gasteiger partial charge is 0.338 e. The first-order valence-corrected chi connectivity index (χ1v) is 11.8. The number of amides is 1. The van der Waals surface area contributed by atoms with Gasteiger partial charge in [-0.3, -0.25) is 9.78 Å². The second-order valence-electron chi connectivity index (χ2n) is 7.48. The highest BCUT2D eigenvalue weighted by atomic mass is 35.5. The number of carbonyl (C=O) groups excluding carboxylic acids is 2. The van der Waals surface area contributed by atoms with Crippen molar-refractivity contribution in [3.05, 3.63) is 87.3 Å². The van der Waals surface area contributed by atoms with Crippen molar-refractivity contribution in [2.45, 2.75) is 32.9 Å². The van der Waals surface area contributed by atoms with Gasteiger partial charge in [-0.25, -0.2) is 9.79 Å². The molecule has 0 saturated carbocycles. The van der Waals surface area contributed by atoms with Crippen LogP contribution in [0.15, 0.2) is 76.2 Å². The summed E-state index contributed by atoms with van der Waals surface area (Å²) >= 11 is 7.54. The normalized spacial score (nSPS) is 17.3. The maximum absolute atomic E-state index is 12.9. The van der Waals surface area contributed by atoms with E-state index in [2.05, 4.69) is 15.3 Å². The Balaban J connectivity index is 1.60. The van der Waals surface area contributed by atoms with Crippen LogP contribution in [0.5, 0.6) is 0 Å². The Morgan fingerprint density at radius 2 is 2.03 bits per heavy atom. The van der Waals surface area contributed by atoms with E-state index in [1.807, 2.05) is 34.6 Å². The monoisotopic (exact) mass is 482 g/mol. The molecule has 9 heteroatoms. The van der Waals surface area contributed by atoms with E-state index >= 15 is 0 Å². The standard InChI is InChI=1S/C24H23ClN4O3S/c1-3-32-23(31)21-15(2)28-24-29(22(21)17-6-8-18(25)9-7-17)19(14-33-24)11-20(30)27-13-16-5-4-10-26-12-16/h4-10,12,14,22H,3,11,13H2,1-2H3,(H,27,30). The minimum absolute atomic E-state index is 0.134. The number of benzene rings is 1. The molecule has 33 heavy (non-hydrogen) atoms. The number of hydrogen-bond acceptors (Lipinski definition) is 7. The lowest BCUT2D eigenvalue weighted by molar-refractivity contribution is -0.139. The number of aromatic nitrogens is 1. The van der Waals surface area contributed by atoms with Gasteiger partial charge < -0.3 is 15.0 Å². The van der Waals surface area contributed by atoms with Gasteiger partial charge >= 0.3 is 5.97 Å². The maximum Gasteiger partial charge on any atom is 0.338 e. The zero-order valence-corrected chi connectivity index (χ0v) is 19.8. The van der Waals surface area contributed by atoms with E-state index in [1.165, 1.54) is 11.8 Å². The highest BCUT2D eigenvalue weighted by molar-refractivity contribution is 8.16. The summed E-state index contributed by atoms with van der Waals surface area (Å²) in [7, 11) is 0. The molecule has 0 saturated heterocycles. The second kappa shape index (κ2) is 10.2. The summed E-state index contributed by atoms with van der Waals surface area (Å²) in [6.07, 6.45) is 3.55. The molecule has 1 unspecified atom stereocenters. The lowest BCUT2D eigenvalue weighted by atomic mass is 9.94. The van der Waals surface area contributed by atoms with E-state index in [9.17, 15) is 9.59 Å². The first-order chi connectivity index (χ1) is 16.0. The van der Waals surface area contributed by atoms with Gasteiger partial charge in [0.1, 0.15) is 0 Å². The quantitative estimate of drug-likeness (QED) is 0.581. The van der Waals surface area contributed by atoms with Gasteiger partial charge in [0.15, 0.2) is 5.17 Å². The molecular formula is C24H23ClN4O3S. The van der Waals surface area contributed by atoms with Gasteiger partial charge in [0, 0.05) is 29.7 Å². The van der Waals surface area contributed by atoms with Gasteiger partial charge in [-0.15, -0.1) is 0 Å². The van der Waals surface area contributed by atoms with E-state index in [-0.39, 0.29) is 18.9 Å². The molecule has 2 aromatic rings. The number of carbonyl (C=O) groups is 2. The van der Waals surface area contributed by atoms with Crippen molar-refractivity contribution in [3.8, 4) is 0 Å². The van der Waals surface area contributed by atoms with Crippen LogP contribution in [0, 0.1) is 0 Å². The zero-order chi connectivity index (χ0) is 23.4. The Bertz CT molecular complexity index is 1150. The molecule has 4 rings (SSSR count). The number of aliphatic imine (C=N–C) groups is 1. The Labute approximate surface area is 201 Å². The highest BCUT2D eigenvalue weighted by Crippen LogP contribution is 2.44. The van der Waals surface area contributed by atoms with E-state index in [1.54, 1.807) is 38.4 Å². The first-order valence-electron chi connectivity index (χ1n) is 10.5. The van der Waals surface area contributed by atoms with Crippen molar-refractivity contribution in [2.24, 2.45) is 4.99 Å². The van der Waals surface area contributed by atoms with Gasteiger partial charge in [-0.2, -0.15) is 0 Å². The van der Waals surface area contributed by atoms with Crippen LogP contribution in [-0.4, -0.2) is 33.5 Å². The zero-order valence-electron chi connectivity index (χ0n) is 18.2. The van der Waals surface area contributed by atoms with E-state index < -0.39 is 12.0 Å². The number of nitrogens with one attached hydrogen (secondary N) is 1. The molecule has 1 aromatic carbocycles. The summed E-state index contributed by atoms with van der Waals surface area (Å²) < 4.78 is 5.35. The number of hydrogen-bond donors (Lipinski definition) is 1. The average molecular weight is 483 g/mol. The fraction of sp³-hybridized carbons (Fsp3) is 0.250. The van der Waals surface area contributed by atoms with Crippen molar-refractivity contribution in [2.75, 3.05) is 6.61 Å². The fourth-order valence-corrected chi connectivity index (χ4v) is 4.82. The van der Waals surface area contributed by atoms with Crippen LogP contribution in [0.3, 0.4) is 0 Å². The summed E-state index contributed by atoms with van der Waals surface area (Å²) in [5.41, 5.74) is 3.59. The minimum atomic E-state index is -0.471. The SMILES string of the molecule is CCOC(=O)C1=C(C)N=C2SC=C(CC(=O)NCc3cccnc3)N2C1c1ccc(Cl)cc1. The van der Waals surface area contributed by atoms with Crippen LogP contribution in [0.25, 0.3) is 0 Å².